The van der Waals surface area contributed by atoms with Crippen LogP contribution in [0.3, 0.4) is 0 Å². The van der Waals surface area contributed by atoms with Gasteiger partial charge in [0.1, 0.15) is 37.7 Å². The molecule has 0 bridgehead atoms. The van der Waals surface area contributed by atoms with Crippen molar-refractivity contribution in [3.05, 3.63) is 0 Å². The number of halogens is 6. The standard InChI is InChI=1S/2C7H10I2O2.C6H8I2O2/c8-6(1-3-10)5-7(9)2-4-11;8-6(3-4-10)1-2-7(9)5-11;7-5(3-9)1-2-6(8)4-10/h3-4,6-7H,1-2,5H2;4-7H,1-3H2;3-6H,1-2H2. The van der Waals surface area contributed by atoms with Crippen LogP contribution in [0, 0.1) is 0 Å². The molecule has 0 fully saturated rings. The van der Waals surface area contributed by atoms with Crippen molar-refractivity contribution in [3.8, 4) is 0 Å². The van der Waals surface area contributed by atoms with E-state index in [9.17, 15) is 28.8 Å². The van der Waals surface area contributed by atoms with Crippen molar-refractivity contribution in [2.24, 2.45) is 0 Å². The fraction of sp³-hybridized carbons (Fsp3) is 0.700. The first-order chi connectivity index (χ1) is 15.1. The summed E-state index contributed by atoms with van der Waals surface area (Å²) in [7, 11) is 0. The number of aldehydes is 6. The van der Waals surface area contributed by atoms with Gasteiger partial charge in [-0.3, -0.25) is 0 Å². The smallest absolute Gasteiger partial charge is 0.132 e. The van der Waals surface area contributed by atoms with Gasteiger partial charge in [-0.1, -0.05) is 136 Å². The van der Waals surface area contributed by atoms with Crippen LogP contribution in [0.25, 0.3) is 0 Å². The molecule has 32 heavy (non-hydrogen) atoms. The molecule has 0 radical (unpaired) electrons. The van der Waals surface area contributed by atoms with Gasteiger partial charge in [0, 0.05) is 31.0 Å². The van der Waals surface area contributed by atoms with Gasteiger partial charge in [0.05, 0.1) is 11.8 Å². The summed E-state index contributed by atoms with van der Waals surface area (Å²) in [6.45, 7) is 0. The Bertz CT molecular complexity index is 483. The minimum Gasteiger partial charge on any atom is -0.303 e. The van der Waals surface area contributed by atoms with Crippen LogP contribution in [0.1, 0.15) is 51.4 Å². The summed E-state index contributed by atoms with van der Waals surface area (Å²) >= 11 is 13.0. The molecule has 12 heteroatoms. The maximum absolute atomic E-state index is 10.2. The lowest BCUT2D eigenvalue weighted by Crippen LogP contribution is -2.08. The van der Waals surface area contributed by atoms with Gasteiger partial charge in [0.25, 0.3) is 0 Å². The average molecular weight is 1130 g/mol. The molecule has 0 aromatic heterocycles. The van der Waals surface area contributed by atoms with Crippen LogP contribution in [-0.2, 0) is 28.8 Å². The Balaban J connectivity index is -0.000000395. The van der Waals surface area contributed by atoms with Crippen molar-refractivity contribution in [2.45, 2.75) is 74.9 Å². The Morgan fingerprint density at radius 3 is 1.00 bits per heavy atom. The van der Waals surface area contributed by atoms with Gasteiger partial charge in [0.15, 0.2) is 0 Å². The first-order valence-corrected chi connectivity index (χ1v) is 17.1. The minimum absolute atomic E-state index is 0.0646. The first-order valence-electron chi connectivity index (χ1n) is 9.62. The number of hydrogen-bond acceptors (Lipinski definition) is 6. The van der Waals surface area contributed by atoms with Gasteiger partial charge in [0.2, 0.25) is 0 Å². The van der Waals surface area contributed by atoms with Crippen molar-refractivity contribution in [3.63, 3.8) is 0 Å². The van der Waals surface area contributed by atoms with E-state index in [0.29, 0.717) is 31.0 Å². The molecule has 0 heterocycles. The number of alkyl halides is 6. The van der Waals surface area contributed by atoms with Crippen LogP contribution >= 0.6 is 136 Å². The van der Waals surface area contributed by atoms with Gasteiger partial charge in [-0.25, -0.2) is 0 Å². The highest BCUT2D eigenvalue weighted by molar-refractivity contribution is 14.1. The van der Waals surface area contributed by atoms with Crippen LogP contribution in [0.2, 0.25) is 0 Å². The van der Waals surface area contributed by atoms with E-state index in [4.69, 9.17) is 0 Å². The normalized spacial score (nSPS) is 15.6. The third kappa shape index (κ3) is 32.4. The van der Waals surface area contributed by atoms with E-state index in [1.165, 1.54) is 0 Å². The Morgan fingerprint density at radius 1 is 0.438 bits per heavy atom. The lowest BCUT2D eigenvalue weighted by molar-refractivity contribution is -0.108. The Hall–Kier alpha value is 2.40. The highest BCUT2D eigenvalue weighted by atomic mass is 127. The predicted octanol–water partition coefficient (Wildman–Crippen LogP) is 6.10. The summed E-state index contributed by atoms with van der Waals surface area (Å²) in [6, 6.07) is 0. The molecule has 0 aliphatic carbocycles. The molecule has 6 unspecified atom stereocenters. The lowest BCUT2D eigenvalue weighted by atomic mass is 10.2. The van der Waals surface area contributed by atoms with E-state index in [2.05, 4.69) is 136 Å². The topological polar surface area (TPSA) is 102 Å². The van der Waals surface area contributed by atoms with Crippen molar-refractivity contribution >= 4 is 173 Å². The van der Waals surface area contributed by atoms with Crippen LogP contribution in [0.15, 0.2) is 0 Å². The van der Waals surface area contributed by atoms with Crippen LogP contribution in [0.5, 0.6) is 0 Å². The van der Waals surface area contributed by atoms with Gasteiger partial charge >= 0.3 is 0 Å². The quantitative estimate of drug-likeness (QED) is 0.0994. The summed E-state index contributed by atoms with van der Waals surface area (Å²) in [5.74, 6) is 0. The predicted molar refractivity (Wildman–Crippen MR) is 180 cm³/mol. The number of carbonyl (C=O) groups is 6. The molecule has 0 spiro atoms. The molecular formula is C20H28I6O6. The molecule has 0 aliphatic rings. The average Bonchev–Trinajstić information content (AvgIpc) is 2.76. The summed E-state index contributed by atoms with van der Waals surface area (Å²) in [5, 5.41) is 0. The molecule has 0 aliphatic heterocycles. The summed E-state index contributed by atoms with van der Waals surface area (Å²) in [4.78, 5) is 60.6. The summed E-state index contributed by atoms with van der Waals surface area (Å²) < 4.78 is 1.39. The van der Waals surface area contributed by atoms with E-state index >= 15 is 0 Å². The van der Waals surface area contributed by atoms with Crippen LogP contribution in [0.4, 0.5) is 0 Å². The number of carbonyl (C=O) groups excluding carboxylic acids is 6. The molecule has 0 amide bonds. The summed E-state index contributed by atoms with van der Waals surface area (Å²) in [5.41, 5.74) is 0. The second-order valence-corrected chi connectivity index (χ2v) is 16.4. The van der Waals surface area contributed by atoms with Crippen molar-refractivity contribution in [1.29, 1.82) is 0 Å². The van der Waals surface area contributed by atoms with Crippen molar-refractivity contribution in [1.82, 2.24) is 0 Å². The van der Waals surface area contributed by atoms with E-state index in [1.807, 2.05) is 0 Å². The van der Waals surface area contributed by atoms with Crippen molar-refractivity contribution < 1.29 is 28.8 Å². The molecule has 0 saturated heterocycles. The molecule has 6 nitrogen and oxygen atoms in total. The largest absolute Gasteiger partial charge is 0.303 e. The van der Waals surface area contributed by atoms with Gasteiger partial charge in [-0.2, -0.15) is 0 Å². The Labute approximate surface area is 272 Å². The van der Waals surface area contributed by atoms with Crippen LogP contribution in [-0.4, -0.2) is 61.3 Å². The van der Waals surface area contributed by atoms with Crippen molar-refractivity contribution in [2.75, 3.05) is 0 Å². The maximum atomic E-state index is 10.2. The molecule has 0 aromatic carbocycles. The van der Waals surface area contributed by atoms with E-state index in [0.717, 1.165) is 69.8 Å². The molecule has 6 atom stereocenters. The SMILES string of the molecule is O=CC(I)CCC(I)C=O.O=CCC(I)CC(I)CC=O.O=CCC(I)CCC(I)C=O. The summed E-state index contributed by atoms with van der Waals surface area (Å²) in [6.07, 6.45) is 11.7. The van der Waals surface area contributed by atoms with Crippen LogP contribution < -0.4 is 0 Å². The zero-order valence-electron chi connectivity index (χ0n) is 17.3. The monoisotopic (exact) mass is 1130 g/mol. The fourth-order valence-corrected chi connectivity index (χ4v) is 6.03. The molecule has 0 aromatic rings. The molecule has 0 N–H and O–H groups in total. The van der Waals surface area contributed by atoms with Gasteiger partial charge in [-0.15, -0.1) is 0 Å². The molecule has 186 valence electrons. The van der Waals surface area contributed by atoms with E-state index < -0.39 is 0 Å². The zero-order chi connectivity index (χ0) is 25.4. The fourth-order valence-electron chi connectivity index (χ4n) is 1.76. The van der Waals surface area contributed by atoms with Gasteiger partial charge in [-0.05, 0) is 32.1 Å². The third-order valence-electron chi connectivity index (χ3n) is 3.48. The second kappa shape index (κ2) is 29.6. The highest BCUT2D eigenvalue weighted by Gasteiger charge is 2.10. The van der Waals surface area contributed by atoms with Gasteiger partial charge < -0.3 is 28.8 Å². The third-order valence-corrected chi connectivity index (χ3v) is 9.40. The second-order valence-electron chi connectivity index (χ2n) is 6.35. The zero-order valence-corrected chi connectivity index (χ0v) is 30.2. The lowest BCUT2D eigenvalue weighted by Gasteiger charge is -2.08. The highest BCUT2D eigenvalue weighted by Crippen LogP contribution is 2.19. The molecule has 0 rings (SSSR count). The van der Waals surface area contributed by atoms with E-state index in [1.54, 1.807) is 0 Å². The Kier molecular flexibility index (Phi) is 36.0. The minimum atomic E-state index is 0.0646. The Morgan fingerprint density at radius 2 is 0.719 bits per heavy atom. The number of hydrogen-bond donors (Lipinski definition) is 0. The maximum Gasteiger partial charge on any atom is 0.132 e. The van der Waals surface area contributed by atoms with E-state index in [-0.39, 0.29) is 11.8 Å². The first kappa shape index (κ1) is 38.9. The molecule has 0 saturated carbocycles. The number of rotatable bonds is 17. The molecular weight excluding hydrogens is 1100 g/mol.